The Morgan fingerprint density at radius 2 is 1.63 bits per heavy atom. The molecule has 0 radical (unpaired) electrons. The minimum Gasteiger partial charge on any atom is -0.497 e. The van der Waals surface area contributed by atoms with Gasteiger partial charge in [-0.25, -0.2) is 0 Å². The largest absolute Gasteiger partial charge is 0.497 e. The lowest BCUT2D eigenvalue weighted by Gasteiger charge is -2.17. The van der Waals surface area contributed by atoms with Crippen molar-refractivity contribution in [3.8, 4) is 5.75 Å². The third kappa shape index (κ3) is 4.00. The fraction of sp³-hybridized carbons (Fsp3) is 0.250. The second-order valence-electron chi connectivity index (χ2n) is 4.77. The lowest BCUT2D eigenvalue weighted by Crippen LogP contribution is -2.17. The van der Waals surface area contributed by atoms with Crippen molar-refractivity contribution in [2.24, 2.45) is 0 Å². The van der Waals surface area contributed by atoms with Gasteiger partial charge in [0.25, 0.3) is 0 Å². The van der Waals surface area contributed by atoms with Crippen molar-refractivity contribution >= 4 is 5.69 Å². The molecule has 0 aliphatic heterocycles. The Morgan fingerprint density at radius 1 is 1.00 bits per heavy atom. The number of hydrogen-bond donors (Lipinski definition) is 1. The van der Waals surface area contributed by atoms with Gasteiger partial charge in [0, 0.05) is 18.8 Å². The zero-order valence-corrected chi connectivity index (χ0v) is 11.5. The molecule has 0 heterocycles. The maximum absolute atomic E-state index is 5.79. The van der Waals surface area contributed by atoms with E-state index in [-0.39, 0.29) is 0 Å². The van der Waals surface area contributed by atoms with E-state index >= 15 is 0 Å². The molecule has 2 N–H and O–H groups in total. The van der Waals surface area contributed by atoms with Crippen molar-refractivity contribution < 1.29 is 4.74 Å². The van der Waals surface area contributed by atoms with E-state index in [2.05, 4.69) is 30.1 Å². The van der Waals surface area contributed by atoms with Gasteiger partial charge in [0.2, 0.25) is 0 Å². The first-order chi connectivity index (χ1) is 9.17. The number of methoxy groups -OCH3 is 1. The highest BCUT2D eigenvalue weighted by atomic mass is 16.5. The van der Waals surface area contributed by atoms with Crippen LogP contribution < -0.4 is 10.5 Å². The van der Waals surface area contributed by atoms with Gasteiger partial charge in [0.1, 0.15) is 5.75 Å². The van der Waals surface area contributed by atoms with Gasteiger partial charge in [-0.3, -0.25) is 4.90 Å². The number of nitrogens with two attached hydrogens (primary N) is 1. The second-order valence-corrected chi connectivity index (χ2v) is 4.77. The van der Waals surface area contributed by atoms with Crippen LogP contribution in [-0.4, -0.2) is 19.1 Å². The molecule has 0 aromatic heterocycles. The number of hydrogen-bond acceptors (Lipinski definition) is 3. The fourth-order valence-corrected chi connectivity index (χ4v) is 2.14. The third-order valence-electron chi connectivity index (χ3n) is 2.99. The summed E-state index contributed by atoms with van der Waals surface area (Å²) < 4.78 is 5.24. The van der Waals surface area contributed by atoms with Crippen molar-refractivity contribution in [2.45, 2.75) is 13.1 Å². The van der Waals surface area contributed by atoms with E-state index in [1.807, 2.05) is 30.3 Å². The van der Waals surface area contributed by atoms with Crippen LogP contribution in [0.25, 0.3) is 0 Å². The highest BCUT2D eigenvalue weighted by Gasteiger charge is 2.03. The molecular weight excluding hydrogens is 236 g/mol. The average molecular weight is 256 g/mol. The number of nitrogen functional groups attached to an aromatic ring is 1. The van der Waals surface area contributed by atoms with Gasteiger partial charge in [-0.2, -0.15) is 0 Å². The number of nitrogens with zero attached hydrogens (tertiary/aromatic N) is 1. The molecule has 0 amide bonds. The van der Waals surface area contributed by atoms with Crippen molar-refractivity contribution in [1.82, 2.24) is 4.90 Å². The Hall–Kier alpha value is -2.00. The van der Waals surface area contributed by atoms with Crippen LogP contribution in [0.5, 0.6) is 5.75 Å². The predicted molar refractivity (Wildman–Crippen MR) is 79.0 cm³/mol. The first-order valence-electron chi connectivity index (χ1n) is 6.33. The van der Waals surface area contributed by atoms with E-state index in [4.69, 9.17) is 10.5 Å². The first-order valence-corrected chi connectivity index (χ1v) is 6.33. The molecule has 0 saturated heterocycles. The molecule has 0 unspecified atom stereocenters. The third-order valence-corrected chi connectivity index (χ3v) is 2.99. The summed E-state index contributed by atoms with van der Waals surface area (Å²) in [7, 11) is 3.79. The lowest BCUT2D eigenvalue weighted by molar-refractivity contribution is 0.318. The second kappa shape index (κ2) is 6.25. The van der Waals surface area contributed by atoms with Crippen molar-refractivity contribution in [3.63, 3.8) is 0 Å². The van der Waals surface area contributed by atoms with Gasteiger partial charge in [-0.05, 0) is 42.4 Å². The van der Waals surface area contributed by atoms with E-state index in [1.165, 1.54) is 11.1 Å². The van der Waals surface area contributed by atoms with E-state index in [1.54, 1.807) is 7.11 Å². The normalized spacial score (nSPS) is 10.7. The Bertz CT molecular complexity index is 540. The Balaban J connectivity index is 1.98. The standard InChI is InChI=1S/C16H20N2O/c1-18(11-13-5-3-7-15(17)9-13)12-14-6-4-8-16(10-14)19-2/h3-10H,11-12,17H2,1-2H3. The molecule has 0 aliphatic carbocycles. The van der Waals surface area contributed by atoms with Crippen LogP contribution >= 0.6 is 0 Å². The van der Waals surface area contributed by atoms with Crippen molar-refractivity contribution in [1.29, 1.82) is 0 Å². The average Bonchev–Trinajstić information content (AvgIpc) is 2.38. The molecule has 19 heavy (non-hydrogen) atoms. The summed E-state index contributed by atoms with van der Waals surface area (Å²) in [6.07, 6.45) is 0. The summed E-state index contributed by atoms with van der Waals surface area (Å²) in [4.78, 5) is 2.25. The number of anilines is 1. The summed E-state index contributed by atoms with van der Waals surface area (Å²) in [6, 6.07) is 16.2. The van der Waals surface area contributed by atoms with Gasteiger partial charge in [0.05, 0.1) is 7.11 Å². The van der Waals surface area contributed by atoms with Crippen LogP contribution in [-0.2, 0) is 13.1 Å². The molecule has 0 spiro atoms. The van der Waals surface area contributed by atoms with Crippen LogP contribution in [0.3, 0.4) is 0 Å². The van der Waals surface area contributed by atoms with Crippen LogP contribution in [0.1, 0.15) is 11.1 Å². The maximum Gasteiger partial charge on any atom is 0.119 e. The molecule has 0 atom stereocenters. The number of benzene rings is 2. The molecule has 0 aliphatic rings. The van der Waals surface area contributed by atoms with E-state index in [9.17, 15) is 0 Å². The van der Waals surface area contributed by atoms with Gasteiger partial charge in [-0.15, -0.1) is 0 Å². The Labute approximate surface area is 114 Å². The zero-order valence-electron chi connectivity index (χ0n) is 11.5. The molecule has 3 heteroatoms. The highest BCUT2D eigenvalue weighted by molar-refractivity contribution is 5.40. The van der Waals surface area contributed by atoms with Crippen molar-refractivity contribution in [2.75, 3.05) is 19.9 Å². The van der Waals surface area contributed by atoms with E-state index in [0.29, 0.717) is 0 Å². The number of ether oxygens (including phenoxy) is 1. The molecule has 2 rings (SSSR count). The smallest absolute Gasteiger partial charge is 0.119 e. The Kier molecular flexibility index (Phi) is 4.42. The molecule has 3 nitrogen and oxygen atoms in total. The van der Waals surface area contributed by atoms with E-state index in [0.717, 1.165) is 24.5 Å². The van der Waals surface area contributed by atoms with Crippen LogP contribution in [0.4, 0.5) is 5.69 Å². The van der Waals surface area contributed by atoms with Gasteiger partial charge in [-0.1, -0.05) is 24.3 Å². The Morgan fingerprint density at radius 3 is 2.26 bits per heavy atom. The monoisotopic (exact) mass is 256 g/mol. The number of rotatable bonds is 5. The molecule has 0 fully saturated rings. The summed E-state index contributed by atoms with van der Waals surface area (Å²) >= 11 is 0. The molecule has 100 valence electrons. The molecule has 0 bridgehead atoms. The zero-order chi connectivity index (χ0) is 13.7. The predicted octanol–water partition coefficient (Wildman–Crippen LogP) is 2.91. The minimum atomic E-state index is 0.812. The van der Waals surface area contributed by atoms with Gasteiger partial charge in [0.15, 0.2) is 0 Å². The SMILES string of the molecule is COc1cccc(CN(C)Cc2cccc(N)c2)c1. The van der Waals surface area contributed by atoms with Crippen molar-refractivity contribution in [3.05, 3.63) is 59.7 Å². The van der Waals surface area contributed by atoms with Crippen LogP contribution in [0.2, 0.25) is 0 Å². The summed E-state index contributed by atoms with van der Waals surface area (Å²) in [5, 5.41) is 0. The maximum atomic E-state index is 5.79. The quantitative estimate of drug-likeness (QED) is 0.836. The van der Waals surface area contributed by atoms with Crippen LogP contribution in [0.15, 0.2) is 48.5 Å². The molecular formula is C16H20N2O. The summed E-state index contributed by atoms with van der Waals surface area (Å²) in [5.41, 5.74) is 9.07. The lowest BCUT2D eigenvalue weighted by atomic mass is 10.1. The highest BCUT2D eigenvalue weighted by Crippen LogP contribution is 2.15. The van der Waals surface area contributed by atoms with Crippen LogP contribution in [0, 0.1) is 0 Å². The first kappa shape index (κ1) is 13.4. The molecule has 2 aromatic carbocycles. The minimum absolute atomic E-state index is 0.812. The molecule has 0 saturated carbocycles. The van der Waals surface area contributed by atoms with Gasteiger partial charge >= 0.3 is 0 Å². The summed E-state index contributed by atoms with van der Waals surface area (Å²) in [5.74, 6) is 0.898. The molecule has 2 aromatic rings. The fourth-order valence-electron chi connectivity index (χ4n) is 2.14. The summed E-state index contributed by atoms with van der Waals surface area (Å²) in [6.45, 7) is 1.76. The van der Waals surface area contributed by atoms with Gasteiger partial charge < -0.3 is 10.5 Å². The topological polar surface area (TPSA) is 38.5 Å². The van der Waals surface area contributed by atoms with E-state index < -0.39 is 0 Å².